The molecule has 1 aromatic heterocycles. The highest BCUT2D eigenvalue weighted by atomic mass is 32.1. The Balaban J connectivity index is 1.36. The standard InChI is InChI=1S/C19H29N3S/c1-19(2,23)16-5-6-18(20-13-16)22-9-7-21(8-10-22)17-12-14-3-4-15(17)11-14/h5-6,13-15,17,23H,3-4,7-12H2,1-2H3. The number of thiol groups is 1. The molecule has 4 heteroatoms. The third-order valence-electron chi connectivity index (χ3n) is 6.26. The molecule has 0 spiro atoms. The van der Waals surface area contributed by atoms with E-state index in [0.717, 1.165) is 36.8 Å². The first-order valence-electron chi connectivity index (χ1n) is 9.18. The first-order chi connectivity index (χ1) is 11.0. The molecule has 0 radical (unpaired) electrons. The largest absolute Gasteiger partial charge is 0.354 e. The van der Waals surface area contributed by atoms with Gasteiger partial charge in [0.1, 0.15) is 5.82 Å². The molecule has 23 heavy (non-hydrogen) atoms. The van der Waals surface area contributed by atoms with Crippen LogP contribution in [0.2, 0.25) is 0 Å². The van der Waals surface area contributed by atoms with Crippen molar-refractivity contribution in [1.29, 1.82) is 0 Å². The summed E-state index contributed by atoms with van der Waals surface area (Å²) < 4.78 is -0.119. The molecule has 2 saturated carbocycles. The molecule has 3 aliphatic rings. The van der Waals surface area contributed by atoms with E-state index in [-0.39, 0.29) is 4.75 Å². The van der Waals surface area contributed by atoms with Gasteiger partial charge >= 0.3 is 0 Å². The highest BCUT2D eigenvalue weighted by Gasteiger charge is 2.42. The number of rotatable bonds is 3. The third-order valence-corrected chi connectivity index (χ3v) is 6.52. The van der Waals surface area contributed by atoms with Crippen LogP contribution in [0.1, 0.15) is 45.1 Å². The number of pyridine rings is 1. The van der Waals surface area contributed by atoms with Gasteiger partial charge < -0.3 is 4.90 Å². The number of piperazine rings is 1. The minimum absolute atomic E-state index is 0.119. The fourth-order valence-corrected chi connectivity index (χ4v) is 5.01. The zero-order valence-electron chi connectivity index (χ0n) is 14.4. The van der Waals surface area contributed by atoms with Gasteiger partial charge in [0.05, 0.1) is 0 Å². The Morgan fingerprint density at radius 1 is 1.09 bits per heavy atom. The number of nitrogens with zero attached hydrogens (tertiary/aromatic N) is 3. The number of hydrogen-bond acceptors (Lipinski definition) is 4. The van der Waals surface area contributed by atoms with Crippen LogP contribution in [0.3, 0.4) is 0 Å². The molecule has 0 amide bonds. The second-order valence-electron chi connectivity index (χ2n) is 8.23. The minimum atomic E-state index is -0.119. The number of anilines is 1. The van der Waals surface area contributed by atoms with Gasteiger partial charge in [0.2, 0.25) is 0 Å². The molecule has 3 fully saturated rings. The van der Waals surface area contributed by atoms with Crippen LogP contribution in [0.25, 0.3) is 0 Å². The van der Waals surface area contributed by atoms with Gasteiger partial charge in [-0.1, -0.05) is 12.5 Å². The van der Waals surface area contributed by atoms with E-state index in [0.29, 0.717) is 0 Å². The van der Waals surface area contributed by atoms with Gasteiger partial charge in [-0.25, -0.2) is 4.98 Å². The van der Waals surface area contributed by atoms with Crippen molar-refractivity contribution in [2.45, 2.75) is 50.3 Å². The van der Waals surface area contributed by atoms with Crippen LogP contribution < -0.4 is 4.90 Å². The van der Waals surface area contributed by atoms with E-state index < -0.39 is 0 Å². The fraction of sp³-hybridized carbons (Fsp3) is 0.737. The van der Waals surface area contributed by atoms with Crippen LogP contribution in [-0.2, 0) is 4.75 Å². The SMILES string of the molecule is CC(C)(S)c1ccc(N2CCN(C3CC4CCC3C4)CC2)nc1. The van der Waals surface area contributed by atoms with E-state index >= 15 is 0 Å². The van der Waals surface area contributed by atoms with Crippen molar-refractivity contribution in [2.24, 2.45) is 11.8 Å². The van der Waals surface area contributed by atoms with Gasteiger partial charge in [0, 0.05) is 43.2 Å². The van der Waals surface area contributed by atoms with Crippen molar-refractivity contribution in [3.63, 3.8) is 0 Å². The summed E-state index contributed by atoms with van der Waals surface area (Å²) in [5.74, 6) is 3.17. The lowest BCUT2D eigenvalue weighted by molar-refractivity contribution is 0.134. The molecular formula is C19H29N3S. The maximum atomic E-state index is 4.69. The Labute approximate surface area is 145 Å². The summed E-state index contributed by atoms with van der Waals surface area (Å²) in [5, 5.41) is 0. The van der Waals surface area contributed by atoms with Gasteiger partial charge in [-0.2, -0.15) is 12.6 Å². The van der Waals surface area contributed by atoms with E-state index in [4.69, 9.17) is 0 Å². The lowest BCUT2D eigenvalue weighted by Gasteiger charge is -2.41. The third kappa shape index (κ3) is 3.12. The van der Waals surface area contributed by atoms with E-state index in [1.54, 1.807) is 0 Å². The van der Waals surface area contributed by atoms with E-state index in [1.165, 1.54) is 44.3 Å². The molecule has 2 heterocycles. The van der Waals surface area contributed by atoms with E-state index in [9.17, 15) is 0 Å². The molecule has 3 atom stereocenters. The lowest BCUT2D eigenvalue weighted by atomic mass is 9.93. The van der Waals surface area contributed by atoms with Crippen LogP contribution in [0.4, 0.5) is 5.82 Å². The summed E-state index contributed by atoms with van der Waals surface area (Å²) in [7, 11) is 0. The Hall–Kier alpha value is -0.740. The second-order valence-corrected chi connectivity index (χ2v) is 9.35. The Bertz CT molecular complexity index is 543. The average molecular weight is 332 g/mol. The Morgan fingerprint density at radius 2 is 1.87 bits per heavy atom. The summed E-state index contributed by atoms with van der Waals surface area (Å²) in [5.41, 5.74) is 1.19. The average Bonchev–Trinajstić information content (AvgIpc) is 3.17. The van der Waals surface area contributed by atoms with Crippen molar-refractivity contribution in [3.05, 3.63) is 23.9 Å². The summed E-state index contributed by atoms with van der Waals surface area (Å²) in [6, 6.07) is 5.23. The van der Waals surface area contributed by atoms with E-state index in [2.05, 4.69) is 53.4 Å². The monoisotopic (exact) mass is 331 g/mol. The molecule has 1 aromatic rings. The Kier molecular flexibility index (Phi) is 4.09. The summed E-state index contributed by atoms with van der Waals surface area (Å²) in [6.45, 7) is 8.86. The van der Waals surface area contributed by atoms with Crippen LogP contribution in [0.5, 0.6) is 0 Å². The highest BCUT2D eigenvalue weighted by molar-refractivity contribution is 7.81. The van der Waals surface area contributed by atoms with Gasteiger partial charge in [-0.3, -0.25) is 4.90 Å². The molecule has 126 valence electrons. The zero-order valence-corrected chi connectivity index (χ0v) is 15.3. The van der Waals surface area contributed by atoms with Crippen molar-refractivity contribution in [2.75, 3.05) is 31.1 Å². The van der Waals surface area contributed by atoms with Crippen molar-refractivity contribution in [1.82, 2.24) is 9.88 Å². The first-order valence-corrected chi connectivity index (χ1v) is 9.63. The molecule has 1 saturated heterocycles. The van der Waals surface area contributed by atoms with Crippen LogP contribution in [0, 0.1) is 11.8 Å². The molecule has 3 unspecified atom stereocenters. The number of aromatic nitrogens is 1. The van der Waals surface area contributed by atoms with Gasteiger partial charge in [-0.15, -0.1) is 0 Å². The normalized spacial score (nSPS) is 31.8. The quantitative estimate of drug-likeness (QED) is 0.855. The number of hydrogen-bond donors (Lipinski definition) is 1. The molecule has 4 rings (SSSR count). The molecule has 0 aromatic carbocycles. The maximum Gasteiger partial charge on any atom is 0.128 e. The van der Waals surface area contributed by atoms with Gasteiger partial charge in [0.15, 0.2) is 0 Å². The van der Waals surface area contributed by atoms with Gasteiger partial charge in [0.25, 0.3) is 0 Å². The topological polar surface area (TPSA) is 19.4 Å². The van der Waals surface area contributed by atoms with Crippen LogP contribution >= 0.6 is 12.6 Å². The predicted molar refractivity (Wildman–Crippen MR) is 99.3 cm³/mol. The molecular weight excluding hydrogens is 302 g/mol. The molecule has 2 bridgehead atoms. The minimum Gasteiger partial charge on any atom is -0.354 e. The maximum absolute atomic E-state index is 4.69. The van der Waals surface area contributed by atoms with Crippen molar-refractivity contribution < 1.29 is 0 Å². The zero-order chi connectivity index (χ0) is 16.0. The Morgan fingerprint density at radius 3 is 2.39 bits per heavy atom. The van der Waals surface area contributed by atoms with Gasteiger partial charge in [-0.05, 0) is 56.6 Å². The summed E-state index contributed by atoms with van der Waals surface area (Å²) in [4.78, 5) is 9.90. The van der Waals surface area contributed by atoms with Crippen LogP contribution in [0.15, 0.2) is 18.3 Å². The second kappa shape index (κ2) is 5.96. The number of fused-ring (bicyclic) bond motifs is 2. The molecule has 0 N–H and O–H groups in total. The van der Waals surface area contributed by atoms with Crippen LogP contribution in [-0.4, -0.2) is 42.1 Å². The fourth-order valence-electron chi connectivity index (χ4n) is 4.88. The van der Waals surface area contributed by atoms with Crippen molar-refractivity contribution >= 4 is 18.4 Å². The lowest BCUT2D eigenvalue weighted by Crippen LogP contribution is -2.52. The first kappa shape index (κ1) is 15.8. The van der Waals surface area contributed by atoms with Crippen molar-refractivity contribution in [3.8, 4) is 0 Å². The molecule has 3 nitrogen and oxygen atoms in total. The summed E-state index contributed by atoms with van der Waals surface area (Å²) >= 11 is 4.63. The smallest absolute Gasteiger partial charge is 0.128 e. The highest BCUT2D eigenvalue weighted by Crippen LogP contribution is 2.46. The predicted octanol–water partition coefficient (Wildman–Crippen LogP) is 3.56. The summed E-state index contributed by atoms with van der Waals surface area (Å²) in [6.07, 6.45) is 7.95. The molecule has 1 aliphatic heterocycles. The molecule has 2 aliphatic carbocycles. The van der Waals surface area contributed by atoms with E-state index in [1.807, 2.05) is 6.20 Å².